The van der Waals surface area contributed by atoms with Gasteiger partial charge in [-0.15, -0.1) is 0 Å². The molecule has 0 saturated heterocycles. The number of rotatable bonds is 9. The molecule has 118 valence electrons. The summed E-state index contributed by atoms with van der Waals surface area (Å²) in [6.45, 7) is 1.54. The largest absolute Gasteiger partial charge is 0.374 e. The lowest BCUT2D eigenvalue weighted by atomic mass is 10.2. The van der Waals surface area contributed by atoms with E-state index in [1.54, 1.807) is 12.1 Å². The van der Waals surface area contributed by atoms with Crippen LogP contribution >= 0.6 is 0 Å². The number of sulfonamides is 1. The smallest absolute Gasteiger partial charge is 0.242 e. The molecule has 0 spiro atoms. The van der Waals surface area contributed by atoms with E-state index in [0.717, 1.165) is 44.3 Å². The van der Waals surface area contributed by atoms with Gasteiger partial charge in [0, 0.05) is 19.6 Å². The molecule has 3 N–H and O–H groups in total. The number of nitrogens with two attached hydrogens (primary N) is 1. The molecule has 1 aromatic carbocycles. The first-order valence-corrected chi connectivity index (χ1v) is 9.05. The number of para-hydroxylation sites is 1. The van der Waals surface area contributed by atoms with Crippen molar-refractivity contribution in [3.8, 4) is 0 Å². The van der Waals surface area contributed by atoms with Gasteiger partial charge in [-0.05, 0) is 44.4 Å². The van der Waals surface area contributed by atoms with Crippen LogP contribution in [0.25, 0.3) is 0 Å². The van der Waals surface area contributed by atoms with Gasteiger partial charge in [-0.25, -0.2) is 13.1 Å². The lowest BCUT2D eigenvalue weighted by Gasteiger charge is -2.22. The zero-order valence-electron chi connectivity index (χ0n) is 12.6. The van der Waals surface area contributed by atoms with E-state index in [1.165, 1.54) is 0 Å². The number of benzene rings is 1. The molecule has 1 aliphatic rings. The second-order valence-corrected chi connectivity index (χ2v) is 7.32. The van der Waals surface area contributed by atoms with Gasteiger partial charge in [-0.1, -0.05) is 18.6 Å². The molecule has 1 saturated carbocycles. The Bertz CT molecular complexity index is 556. The van der Waals surface area contributed by atoms with Gasteiger partial charge < -0.3 is 10.6 Å². The van der Waals surface area contributed by atoms with Crippen LogP contribution in [-0.2, 0) is 10.0 Å². The average molecular weight is 311 g/mol. The third-order valence-corrected chi connectivity index (χ3v) is 5.23. The zero-order chi connectivity index (χ0) is 15.3. The molecule has 0 unspecified atom stereocenters. The monoisotopic (exact) mass is 311 g/mol. The van der Waals surface area contributed by atoms with E-state index >= 15 is 0 Å². The summed E-state index contributed by atoms with van der Waals surface area (Å²) in [5.74, 6) is 0. The van der Waals surface area contributed by atoms with Gasteiger partial charge in [0.25, 0.3) is 0 Å². The number of nitrogens with one attached hydrogen (secondary N) is 1. The second kappa shape index (κ2) is 7.24. The normalized spacial score (nSPS) is 15.1. The van der Waals surface area contributed by atoms with Crippen molar-refractivity contribution < 1.29 is 8.42 Å². The maximum atomic E-state index is 12.4. The number of hydrogen-bond acceptors (Lipinski definition) is 4. The van der Waals surface area contributed by atoms with Gasteiger partial charge in [-0.3, -0.25) is 0 Å². The van der Waals surface area contributed by atoms with Crippen LogP contribution in [0.5, 0.6) is 0 Å². The van der Waals surface area contributed by atoms with Crippen molar-refractivity contribution in [1.82, 2.24) is 4.72 Å². The van der Waals surface area contributed by atoms with Gasteiger partial charge in [0.15, 0.2) is 0 Å². The lowest BCUT2D eigenvalue weighted by Crippen LogP contribution is -2.28. The third-order valence-electron chi connectivity index (χ3n) is 3.66. The fraction of sp³-hybridized carbons (Fsp3) is 0.600. The van der Waals surface area contributed by atoms with E-state index in [0.29, 0.717) is 11.4 Å². The number of nitrogens with zero attached hydrogens (tertiary/aromatic N) is 1. The molecular weight excluding hydrogens is 286 g/mol. The second-order valence-electron chi connectivity index (χ2n) is 5.63. The minimum atomic E-state index is -3.42. The Hall–Kier alpha value is -1.11. The fourth-order valence-electron chi connectivity index (χ4n) is 2.27. The highest BCUT2D eigenvalue weighted by molar-refractivity contribution is 7.89. The molecule has 0 heterocycles. The van der Waals surface area contributed by atoms with E-state index in [9.17, 15) is 8.42 Å². The first-order chi connectivity index (χ1) is 10.0. The third kappa shape index (κ3) is 4.69. The molecule has 5 nitrogen and oxygen atoms in total. The van der Waals surface area contributed by atoms with Crippen LogP contribution in [0.15, 0.2) is 29.2 Å². The van der Waals surface area contributed by atoms with E-state index in [4.69, 9.17) is 5.73 Å². The molecule has 0 amide bonds. The van der Waals surface area contributed by atoms with Crippen LogP contribution in [-0.4, -0.2) is 34.6 Å². The molecule has 2 rings (SSSR count). The Morgan fingerprint density at radius 3 is 2.62 bits per heavy atom. The summed E-state index contributed by atoms with van der Waals surface area (Å²) in [6.07, 6.45) is 4.97. The molecule has 21 heavy (non-hydrogen) atoms. The molecule has 0 atom stereocenters. The van der Waals surface area contributed by atoms with Crippen molar-refractivity contribution >= 4 is 15.7 Å². The van der Waals surface area contributed by atoms with Crippen molar-refractivity contribution in [3.63, 3.8) is 0 Å². The molecule has 1 fully saturated rings. The lowest BCUT2D eigenvalue weighted by molar-refractivity contribution is 0.580. The Morgan fingerprint density at radius 1 is 1.24 bits per heavy atom. The molecule has 1 aliphatic carbocycles. The molecule has 6 heteroatoms. The van der Waals surface area contributed by atoms with Crippen molar-refractivity contribution in [2.75, 3.05) is 25.0 Å². The van der Waals surface area contributed by atoms with E-state index < -0.39 is 10.0 Å². The van der Waals surface area contributed by atoms with E-state index in [2.05, 4.69) is 4.72 Å². The topological polar surface area (TPSA) is 75.4 Å². The summed E-state index contributed by atoms with van der Waals surface area (Å²) in [4.78, 5) is 2.39. The van der Waals surface area contributed by atoms with Gasteiger partial charge in [0.2, 0.25) is 10.0 Å². The molecular formula is C15H25N3O2S. The number of anilines is 1. The molecule has 1 aromatic rings. The van der Waals surface area contributed by atoms with Crippen LogP contribution < -0.4 is 15.4 Å². The van der Waals surface area contributed by atoms with E-state index in [1.807, 2.05) is 24.1 Å². The summed E-state index contributed by atoms with van der Waals surface area (Å²) < 4.78 is 27.6. The maximum absolute atomic E-state index is 12.4. The molecule has 0 radical (unpaired) electrons. The minimum absolute atomic E-state index is 0.123. The Kier molecular flexibility index (Phi) is 5.61. The summed E-state index contributed by atoms with van der Waals surface area (Å²) in [5, 5.41) is 0. The van der Waals surface area contributed by atoms with Crippen LogP contribution in [0.4, 0.5) is 5.69 Å². The van der Waals surface area contributed by atoms with Crippen molar-refractivity contribution in [2.24, 2.45) is 5.73 Å². The van der Waals surface area contributed by atoms with Gasteiger partial charge in [0.1, 0.15) is 4.90 Å². The summed E-state index contributed by atoms with van der Waals surface area (Å²) >= 11 is 0. The Labute approximate surface area is 127 Å². The van der Waals surface area contributed by atoms with Crippen LogP contribution in [0.3, 0.4) is 0 Å². The molecule has 0 bridgehead atoms. The molecule has 0 aromatic heterocycles. The molecule has 0 aliphatic heterocycles. The van der Waals surface area contributed by atoms with Crippen molar-refractivity contribution in [1.29, 1.82) is 0 Å². The maximum Gasteiger partial charge on any atom is 0.242 e. The highest BCUT2D eigenvalue weighted by Crippen LogP contribution is 2.27. The van der Waals surface area contributed by atoms with Crippen LogP contribution in [0, 0.1) is 0 Å². The first kappa shape index (κ1) is 16.3. The average Bonchev–Trinajstić information content (AvgIpc) is 3.26. The summed E-state index contributed by atoms with van der Waals surface area (Å²) in [5.41, 5.74) is 6.25. The predicted molar refractivity (Wildman–Crippen MR) is 86.0 cm³/mol. The summed E-state index contributed by atoms with van der Waals surface area (Å²) in [7, 11) is -1.48. The van der Waals surface area contributed by atoms with Gasteiger partial charge in [-0.2, -0.15) is 0 Å². The van der Waals surface area contributed by atoms with Crippen LogP contribution in [0.1, 0.15) is 32.1 Å². The SMILES string of the molecule is CN(CCCCCN)c1ccccc1S(=O)(=O)NC1CC1. The summed E-state index contributed by atoms with van der Waals surface area (Å²) in [6, 6.07) is 7.31. The Morgan fingerprint density at radius 2 is 1.95 bits per heavy atom. The first-order valence-electron chi connectivity index (χ1n) is 7.57. The predicted octanol–water partition coefficient (Wildman–Crippen LogP) is 1.69. The highest BCUT2D eigenvalue weighted by atomic mass is 32.2. The van der Waals surface area contributed by atoms with Crippen molar-refractivity contribution in [3.05, 3.63) is 24.3 Å². The van der Waals surface area contributed by atoms with Crippen LogP contribution in [0.2, 0.25) is 0 Å². The van der Waals surface area contributed by atoms with Gasteiger partial charge in [0.05, 0.1) is 5.69 Å². The number of hydrogen-bond donors (Lipinski definition) is 2. The van der Waals surface area contributed by atoms with Gasteiger partial charge >= 0.3 is 0 Å². The quantitative estimate of drug-likeness (QED) is 0.681. The standard InChI is InChI=1S/C15H25N3O2S/c1-18(12-6-2-5-11-16)14-7-3-4-8-15(14)21(19,20)17-13-9-10-13/h3-4,7-8,13,17H,2,5-6,9-12,16H2,1H3. The minimum Gasteiger partial charge on any atom is -0.374 e. The fourth-order valence-corrected chi connectivity index (χ4v) is 3.83. The zero-order valence-corrected chi connectivity index (χ0v) is 13.4. The van der Waals surface area contributed by atoms with E-state index in [-0.39, 0.29) is 6.04 Å². The Balaban J connectivity index is 2.08. The highest BCUT2D eigenvalue weighted by Gasteiger charge is 2.29. The number of unbranched alkanes of at least 4 members (excludes halogenated alkanes) is 2. The van der Waals surface area contributed by atoms with Crippen molar-refractivity contribution in [2.45, 2.75) is 43.0 Å².